The van der Waals surface area contributed by atoms with Crippen LogP contribution in [0.5, 0.6) is 5.75 Å². The molecule has 1 aromatic heterocycles. The van der Waals surface area contributed by atoms with Crippen molar-refractivity contribution in [2.75, 3.05) is 14.2 Å². The Morgan fingerprint density at radius 3 is 2.80 bits per heavy atom. The van der Waals surface area contributed by atoms with Gasteiger partial charge in [-0.2, -0.15) is 0 Å². The van der Waals surface area contributed by atoms with Crippen molar-refractivity contribution in [3.05, 3.63) is 45.4 Å². The number of nitrogens with zero attached hydrogens (tertiary/aromatic N) is 1. The van der Waals surface area contributed by atoms with Gasteiger partial charge in [-0.15, -0.1) is 11.3 Å². The molecule has 4 heteroatoms. The van der Waals surface area contributed by atoms with E-state index in [1.807, 2.05) is 30.5 Å². The summed E-state index contributed by atoms with van der Waals surface area (Å²) in [5.74, 6) is 0.917. The molecule has 1 unspecified atom stereocenters. The van der Waals surface area contributed by atoms with E-state index in [9.17, 15) is 0 Å². The topological polar surface area (TPSA) is 34.2 Å². The lowest BCUT2D eigenvalue weighted by atomic mass is 10.0. The molecule has 2 aromatic rings. The molecule has 1 aliphatic carbocycles. The van der Waals surface area contributed by atoms with Gasteiger partial charge >= 0.3 is 0 Å². The molecule has 3 rings (SSSR count). The predicted octanol–water partition coefficient (Wildman–Crippen LogP) is 3.34. The number of fused-ring (bicyclic) bond motifs is 1. The van der Waals surface area contributed by atoms with Crippen LogP contribution in [0.4, 0.5) is 0 Å². The average molecular weight is 288 g/mol. The number of hydrogen-bond donors (Lipinski definition) is 1. The summed E-state index contributed by atoms with van der Waals surface area (Å²) in [6.45, 7) is 0. The first-order valence-electron chi connectivity index (χ1n) is 7.12. The van der Waals surface area contributed by atoms with Gasteiger partial charge in [0.15, 0.2) is 0 Å². The maximum absolute atomic E-state index is 5.49. The third kappa shape index (κ3) is 2.45. The highest BCUT2D eigenvalue weighted by Crippen LogP contribution is 2.35. The van der Waals surface area contributed by atoms with Crippen molar-refractivity contribution < 1.29 is 4.74 Å². The molecular weight excluding hydrogens is 268 g/mol. The number of ether oxygens (including phenoxy) is 1. The number of methoxy groups -OCH3 is 1. The van der Waals surface area contributed by atoms with Crippen LogP contribution in [0.25, 0.3) is 0 Å². The van der Waals surface area contributed by atoms with Crippen LogP contribution >= 0.6 is 11.3 Å². The monoisotopic (exact) mass is 288 g/mol. The molecule has 106 valence electrons. The van der Waals surface area contributed by atoms with Gasteiger partial charge in [-0.25, -0.2) is 4.98 Å². The second-order valence-corrected chi connectivity index (χ2v) is 6.21. The van der Waals surface area contributed by atoms with Crippen LogP contribution in [0.1, 0.15) is 40.0 Å². The van der Waals surface area contributed by atoms with Gasteiger partial charge in [-0.1, -0.05) is 18.2 Å². The van der Waals surface area contributed by atoms with E-state index in [-0.39, 0.29) is 6.04 Å². The van der Waals surface area contributed by atoms with Gasteiger partial charge in [-0.05, 0) is 38.8 Å². The molecule has 0 fully saturated rings. The average Bonchev–Trinajstić information content (AvgIpc) is 2.92. The number of aromatic nitrogens is 1. The van der Waals surface area contributed by atoms with E-state index in [0.29, 0.717) is 0 Å². The van der Waals surface area contributed by atoms with Gasteiger partial charge in [0.05, 0.1) is 18.8 Å². The molecule has 1 heterocycles. The van der Waals surface area contributed by atoms with Crippen LogP contribution in [0.2, 0.25) is 0 Å². The quantitative estimate of drug-likeness (QED) is 0.937. The normalized spacial score (nSPS) is 15.7. The minimum absolute atomic E-state index is 0.113. The lowest BCUT2D eigenvalue weighted by Crippen LogP contribution is -2.18. The molecule has 0 radical (unpaired) electrons. The molecule has 1 atom stereocenters. The van der Waals surface area contributed by atoms with Gasteiger partial charge in [0, 0.05) is 10.4 Å². The van der Waals surface area contributed by atoms with E-state index in [4.69, 9.17) is 9.72 Å². The number of thiazole rings is 1. The molecule has 20 heavy (non-hydrogen) atoms. The van der Waals surface area contributed by atoms with E-state index in [1.165, 1.54) is 29.8 Å². The Morgan fingerprint density at radius 1 is 1.25 bits per heavy atom. The van der Waals surface area contributed by atoms with Crippen LogP contribution in [0.3, 0.4) is 0 Å². The Hall–Kier alpha value is -1.39. The van der Waals surface area contributed by atoms with Gasteiger partial charge in [-0.3, -0.25) is 0 Å². The second kappa shape index (κ2) is 5.94. The first kappa shape index (κ1) is 13.6. The molecule has 0 aliphatic heterocycles. The van der Waals surface area contributed by atoms with E-state index >= 15 is 0 Å². The molecule has 0 bridgehead atoms. The van der Waals surface area contributed by atoms with Crippen molar-refractivity contribution in [1.29, 1.82) is 0 Å². The van der Waals surface area contributed by atoms with Crippen LogP contribution < -0.4 is 10.1 Å². The van der Waals surface area contributed by atoms with Crippen molar-refractivity contribution in [3.63, 3.8) is 0 Å². The fraction of sp³-hybridized carbons (Fsp3) is 0.438. The summed E-state index contributed by atoms with van der Waals surface area (Å²) >= 11 is 1.85. The smallest absolute Gasteiger partial charge is 0.124 e. The largest absolute Gasteiger partial charge is 0.496 e. The van der Waals surface area contributed by atoms with Crippen LogP contribution in [0.15, 0.2) is 24.3 Å². The first-order valence-corrected chi connectivity index (χ1v) is 7.93. The first-order chi connectivity index (χ1) is 9.83. The van der Waals surface area contributed by atoms with Gasteiger partial charge in [0.1, 0.15) is 10.8 Å². The summed E-state index contributed by atoms with van der Waals surface area (Å²) in [4.78, 5) is 6.35. The summed E-state index contributed by atoms with van der Waals surface area (Å²) in [5, 5.41) is 4.54. The van der Waals surface area contributed by atoms with E-state index in [2.05, 4.69) is 17.4 Å². The lowest BCUT2D eigenvalue weighted by Gasteiger charge is -2.17. The number of para-hydroxylation sites is 1. The zero-order valence-electron chi connectivity index (χ0n) is 12.0. The van der Waals surface area contributed by atoms with E-state index in [1.54, 1.807) is 7.11 Å². The van der Waals surface area contributed by atoms with Crippen molar-refractivity contribution in [2.45, 2.75) is 31.7 Å². The van der Waals surface area contributed by atoms with E-state index in [0.717, 1.165) is 22.7 Å². The molecular formula is C16H20N2OS. The Bertz CT molecular complexity index is 570. The van der Waals surface area contributed by atoms with Crippen molar-refractivity contribution >= 4 is 11.3 Å². The maximum atomic E-state index is 5.49. The number of aryl methyl sites for hydroxylation is 2. The van der Waals surface area contributed by atoms with Crippen molar-refractivity contribution in [1.82, 2.24) is 10.3 Å². The Morgan fingerprint density at radius 2 is 2.05 bits per heavy atom. The Labute approximate surface area is 124 Å². The fourth-order valence-electron chi connectivity index (χ4n) is 2.81. The summed E-state index contributed by atoms with van der Waals surface area (Å²) in [6.07, 6.45) is 4.89. The molecule has 0 saturated heterocycles. The molecule has 1 N–H and O–H groups in total. The second-order valence-electron chi connectivity index (χ2n) is 5.09. The summed E-state index contributed by atoms with van der Waals surface area (Å²) in [7, 11) is 3.70. The van der Waals surface area contributed by atoms with Gasteiger partial charge in [0.2, 0.25) is 0 Å². The third-order valence-electron chi connectivity index (χ3n) is 3.85. The minimum atomic E-state index is 0.113. The summed E-state index contributed by atoms with van der Waals surface area (Å²) in [6, 6.07) is 8.28. The highest BCUT2D eigenvalue weighted by Gasteiger charge is 2.23. The van der Waals surface area contributed by atoms with Gasteiger partial charge in [0.25, 0.3) is 0 Å². The van der Waals surface area contributed by atoms with Crippen molar-refractivity contribution in [3.8, 4) is 5.75 Å². The SMILES string of the molecule is CNC(c1nc2c(s1)CCCC2)c1ccccc1OC. The molecule has 0 amide bonds. The third-order valence-corrected chi connectivity index (χ3v) is 5.07. The van der Waals surface area contributed by atoms with Crippen LogP contribution in [-0.4, -0.2) is 19.1 Å². The molecule has 1 aliphatic rings. The highest BCUT2D eigenvalue weighted by atomic mass is 32.1. The molecule has 0 spiro atoms. The number of nitrogens with one attached hydrogen (secondary N) is 1. The van der Waals surface area contributed by atoms with Crippen LogP contribution in [0, 0.1) is 0 Å². The fourth-order valence-corrected chi connectivity index (χ4v) is 4.10. The molecule has 3 nitrogen and oxygen atoms in total. The Balaban J connectivity index is 1.99. The maximum Gasteiger partial charge on any atom is 0.124 e. The van der Waals surface area contributed by atoms with E-state index < -0.39 is 0 Å². The zero-order valence-corrected chi connectivity index (χ0v) is 12.8. The Kier molecular flexibility index (Phi) is 4.03. The minimum Gasteiger partial charge on any atom is -0.496 e. The van der Waals surface area contributed by atoms with Crippen LogP contribution in [-0.2, 0) is 12.8 Å². The lowest BCUT2D eigenvalue weighted by molar-refractivity contribution is 0.405. The zero-order chi connectivity index (χ0) is 13.9. The van der Waals surface area contributed by atoms with Crippen molar-refractivity contribution in [2.24, 2.45) is 0 Å². The highest BCUT2D eigenvalue weighted by molar-refractivity contribution is 7.11. The summed E-state index contributed by atoms with van der Waals surface area (Å²) < 4.78 is 5.49. The summed E-state index contributed by atoms with van der Waals surface area (Å²) in [5.41, 5.74) is 2.47. The number of benzene rings is 1. The van der Waals surface area contributed by atoms with Gasteiger partial charge < -0.3 is 10.1 Å². The molecule has 1 aromatic carbocycles. The predicted molar refractivity (Wildman–Crippen MR) is 82.7 cm³/mol. The molecule has 0 saturated carbocycles. The number of rotatable bonds is 4. The number of hydrogen-bond acceptors (Lipinski definition) is 4. The standard InChI is InChI=1S/C16H20N2OS/c1-17-15(11-7-3-5-9-13(11)19-2)16-18-12-8-4-6-10-14(12)20-16/h3,5,7,9,15,17H,4,6,8,10H2,1-2H3.